The average Bonchev–Trinajstić information content (AvgIpc) is 2.68. The number of nitrogens with one attached hydrogen (secondary N) is 1. The summed E-state index contributed by atoms with van der Waals surface area (Å²) in [7, 11) is 0. The molecule has 0 fully saturated rings. The predicted octanol–water partition coefficient (Wildman–Crippen LogP) is 2.47. The van der Waals surface area contributed by atoms with Gasteiger partial charge in [-0.2, -0.15) is 0 Å². The Labute approximate surface area is 112 Å². The Kier molecular flexibility index (Phi) is 4.24. The third-order valence-electron chi connectivity index (χ3n) is 2.81. The number of hydrogen-bond donors (Lipinski definition) is 1. The Morgan fingerprint density at radius 2 is 2.33 bits per heavy atom. The van der Waals surface area contributed by atoms with E-state index < -0.39 is 0 Å². The van der Waals surface area contributed by atoms with Gasteiger partial charge in [-0.05, 0) is 24.7 Å². The lowest BCUT2D eigenvalue weighted by atomic mass is 10.3. The minimum Gasteiger partial charge on any atom is -0.317 e. The fraction of sp³-hybridized carbons (Fsp3) is 0.357. The third kappa shape index (κ3) is 2.66. The van der Waals surface area contributed by atoms with Crippen molar-refractivity contribution in [2.24, 2.45) is 0 Å². The van der Waals surface area contributed by atoms with Crippen molar-refractivity contribution in [3.05, 3.63) is 29.0 Å². The molecule has 1 heterocycles. The zero-order valence-corrected chi connectivity index (χ0v) is 11.2. The van der Waals surface area contributed by atoms with Crippen molar-refractivity contribution in [2.45, 2.75) is 19.9 Å². The molecule has 94 valence electrons. The molecule has 4 heteroatoms. The number of aromatic nitrogens is 2. The molecule has 0 aliphatic carbocycles. The van der Waals surface area contributed by atoms with Gasteiger partial charge in [0.1, 0.15) is 5.82 Å². The number of hydrogen-bond acceptors (Lipinski definition) is 2. The second kappa shape index (κ2) is 5.90. The second-order valence-electron chi connectivity index (χ2n) is 4.05. The number of terminal acetylenes is 1. The molecule has 0 radical (unpaired) electrons. The number of rotatable bonds is 5. The van der Waals surface area contributed by atoms with Crippen LogP contribution >= 0.6 is 11.6 Å². The number of nitrogens with zero attached hydrogens (tertiary/aromatic N) is 2. The quantitative estimate of drug-likeness (QED) is 0.662. The van der Waals surface area contributed by atoms with Crippen molar-refractivity contribution >= 4 is 22.6 Å². The van der Waals surface area contributed by atoms with Crippen molar-refractivity contribution < 1.29 is 0 Å². The van der Waals surface area contributed by atoms with Gasteiger partial charge in [0.05, 0.1) is 17.6 Å². The first-order chi connectivity index (χ1) is 8.76. The summed E-state index contributed by atoms with van der Waals surface area (Å²) in [5.41, 5.74) is 1.95. The van der Waals surface area contributed by atoms with Crippen LogP contribution in [0.1, 0.15) is 12.7 Å². The van der Waals surface area contributed by atoms with E-state index in [4.69, 9.17) is 18.0 Å². The first-order valence-corrected chi connectivity index (χ1v) is 6.43. The molecule has 0 aliphatic rings. The van der Waals surface area contributed by atoms with Crippen LogP contribution in [0.5, 0.6) is 0 Å². The molecule has 0 spiro atoms. The van der Waals surface area contributed by atoms with Gasteiger partial charge in [0.25, 0.3) is 0 Å². The molecule has 18 heavy (non-hydrogen) atoms. The molecule has 0 unspecified atom stereocenters. The maximum Gasteiger partial charge on any atom is 0.111 e. The molecule has 0 bridgehead atoms. The van der Waals surface area contributed by atoms with Crippen LogP contribution in [0, 0.1) is 12.3 Å². The first kappa shape index (κ1) is 12.9. The number of imidazole rings is 1. The summed E-state index contributed by atoms with van der Waals surface area (Å²) in [6.07, 6.45) is 6.29. The van der Waals surface area contributed by atoms with E-state index in [1.807, 2.05) is 18.2 Å². The Hall–Kier alpha value is -1.50. The number of fused-ring (bicyclic) bond motifs is 1. The third-order valence-corrected chi connectivity index (χ3v) is 3.05. The van der Waals surface area contributed by atoms with E-state index in [0.717, 1.165) is 36.4 Å². The van der Waals surface area contributed by atoms with Crippen molar-refractivity contribution in [3.63, 3.8) is 0 Å². The molecule has 3 nitrogen and oxygen atoms in total. The number of benzene rings is 1. The summed E-state index contributed by atoms with van der Waals surface area (Å²) in [5.74, 6) is 3.68. The average molecular weight is 262 g/mol. The standard InChI is InChI=1S/C14H16ClN3/c1-3-9-18-13-6-5-11(15)10-12(13)17-14(18)7-8-16-4-2/h1,5-6,10,16H,4,7-9H2,2H3. The minimum absolute atomic E-state index is 0.541. The van der Waals surface area contributed by atoms with E-state index in [2.05, 4.69) is 27.7 Å². The molecule has 0 atom stereocenters. The highest BCUT2D eigenvalue weighted by molar-refractivity contribution is 6.31. The zero-order valence-electron chi connectivity index (χ0n) is 10.4. The smallest absolute Gasteiger partial charge is 0.111 e. The Bertz CT molecular complexity index is 580. The van der Waals surface area contributed by atoms with E-state index in [0.29, 0.717) is 11.6 Å². The summed E-state index contributed by atoms with van der Waals surface area (Å²) in [4.78, 5) is 4.61. The second-order valence-corrected chi connectivity index (χ2v) is 4.49. The lowest BCUT2D eigenvalue weighted by Crippen LogP contribution is -2.18. The van der Waals surface area contributed by atoms with Gasteiger partial charge in [-0.3, -0.25) is 0 Å². The molecule has 0 amide bonds. The number of likely N-dealkylation sites (N-methyl/N-ethyl adjacent to an activating group) is 1. The molecular formula is C14H16ClN3. The molecule has 1 aromatic carbocycles. The van der Waals surface area contributed by atoms with Crippen molar-refractivity contribution in [1.29, 1.82) is 0 Å². The zero-order chi connectivity index (χ0) is 13.0. The first-order valence-electron chi connectivity index (χ1n) is 6.05. The van der Waals surface area contributed by atoms with Gasteiger partial charge in [-0.15, -0.1) is 6.42 Å². The maximum absolute atomic E-state index is 5.98. The van der Waals surface area contributed by atoms with Crippen LogP contribution in [0.15, 0.2) is 18.2 Å². The molecule has 0 saturated heterocycles. The molecule has 2 rings (SSSR count). The lowest BCUT2D eigenvalue weighted by molar-refractivity contribution is 0.671. The van der Waals surface area contributed by atoms with Gasteiger partial charge >= 0.3 is 0 Å². The van der Waals surface area contributed by atoms with E-state index in [1.165, 1.54) is 0 Å². The van der Waals surface area contributed by atoms with Crippen molar-refractivity contribution in [3.8, 4) is 12.3 Å². The van der Waals surface area contributed by atoms with Gasteiger partial charge in [-0.25, -0.2) is 4.98 Å². The fourth-order valence-corrected chi connectivity index (χ4v) is 2.15. The monoisotopic (exact) mass is 261 g/mol. The van der Waals surface area contributed by atoms with Crippen molar-refractivity contribution in [1.82, 2.24) is 14.9 Å². The topological polar surface area (TPSA) is 29.9 Å². The highest BCUT2D eigenvalue weighted by Gasteiger charge is 2.09. The molecule has 2 aromatic rings. The van der Waals surface area contributed by atoms with Gasteiger partial charge in [0.2, 0.25) is 0 Å². The SMILES string of the molecule is C#CCn1c(CCNCC)nc2cc(Cl)ccc21. The summed E-state index contributed by atoms with van der Waals surface area (Å²) < 4.78 is 2.07. The maximum atomic E-state index is 5.98. The molecular weight excluding hydrogens is 246 g/mol. The van der Waals surface area contributed by atoms with Gasteiger partial charge in [-0.1, -0.05) is 24.4 Å². The molecule has 1 aromatic heterocycles. The number of halogens is 1. The van der Waals surface area contributed by atoms with Gasteiger partial charge < -0.3 is 9.88 Å². The van der Waals surface area contributed by atoms with Crippen LogP contribution in [-0.4, -0.2) is 22.6 Å². The van der Waals surface area contributed by atoms with E-state index >= 15 is 0 Å². The minimum atomic E-state index is 0.541. The Morgan fingerprint density at radius 1 is 1.50 bits per heavy atom. The van der Waals surface area contributed by atoms with Crippen LogP contribution < -0.4 is 5.32 Å². The lowest BCUT2D eigenvalue weighted by Gasteiger charge is -2.05. The summed E-state index contributed by atoms with van der Waals surface area (Å²) in [6.45, 7) is 4.49. The summed E-state index contributed by atoms with van der Waals surface area (Å²) in [5, 5.41) is 3.99. The van der Waals surface area contributed by atoms with Crippen molar-refractivity contribution in [2.75, 3.05) is 13.1 Å². The molecule has 0 aliphatic heterocycles. The van der Waals surface area contributed by atoms with Crippen LogP contribution in [0.25, 0.3) is 11.0 Å². The Morgan fingerprint density at radius 3 is 3.06 bits per heavy atom. The summed E-state index contributed by atoms with van der Waals surface area (Å²) in [6, 6.07) is 5.71. The predicted molar refractivity (Wildman–Crippen MR) is 75.8 cm³/mol. The van der Waals surface area contributed by atoms with Crippen LogP contribution in [-0.2, 0) is 13.0 Å². The molecule has 0 saturated carbocycles. The summed E-state index contributed by atoms with van der Waals surface area (Å²) >= 11 is 5.98. The fourth-order valence-electron chi connectivity index (χ4n) is 1.99. The van der Waals surface area contributed by atoms with E-state index in [1.54, 1.807) is 0 Å². The van der Waals surface area contributed by atoms with E-state index in [9.17, 15) is 0 Å². The highest BCUT2D eigenvalue weighted by Crippen LogP contribution is 2.20. The van der Waals surface area contributed by atoms with Crippen LogP contribution in [0.4, 0.5) is 0 Å². The highest BCUT2D eigenvalue weighted by atomic mass is 35.5. The largest absolute Gasteiger partial charge is 0.317 e. The normalized spacial score (nSPS) is 10.7. The van der Waals surface area contributed by atoms with Gasteiger partial charge in [0, 0.05) is 18.0 Å². The van der Waals surface area contributed by atoms with Crippen LogP contribution in [0.3, 0.4) is 0 Å². The van der Waals surface area contributed by atoms with E-state index in [-0.39, 0.29) is 0 Å². The Balaban J connectivity index is 2.38. The molecule has 1 N–H and O–H groups in total. The van der Waals surface area contributed by atoms with Gasteiger partial charge in [0.15, 0.2) is 0 Å². The van der Waals surface area contributed by atoms with Crippen LogP contribution in [0.2, 0.25) is 5.02 Å².